The molecule has 0 spiro atoms. The van der Waals surface area contributed by atoms with Gasteiger partial charge in [0.15, 0.2) is 5.13 Å². The minimum absolute atomic E-state index is 0.179. The quantitative estimate of drug-likeness (QED) is 0.704. The molecule has 23 heavy (non-hydrogen) atoms. The minimum Gasteiger partial charge on any atom is -0.298 e. The van der Waals surface area contributed by atoms with Crippen LogP contribution in [0.25, 0.3) is 17.3 Å². The van der Waals surface area contributed by atoms with Gasteiger partial charge in [0, 0.05) is 16.5 Å². The number of carbonyl (C=O) groups is 1. The highest BCUT2D eigenvalue weighted by atomic mass is 32.1. The van der Waals surface area contributed by atoms with E-state index >= 15 is 0 Å². The lowest BCUT2D eigenvalue weighted by atomic mass is 10.1. The van der Waals surface area contributed by atoms with Crippen LogP contribution in [-0.4, -0.2) is 10.9 Å². The van der Waals surface area contributed by atoms with Crippen molar-refractivity contribution in [2.24, 2.45) is 0 Å². The summed E-state index contributed by atoms with van der Waals surface area (Å²) in [5.41, 5.74) is 2.96. The minimum atomic E-state index is -0.179. The Morgan fingerprint density at radius 3 is 2.39 bits per heavy atom. The molecule has 0 unspecified atom stereocenters. The van der Waals surface area contributed by atoms with Crippen molar-refractivity contribution >= 4 is 28.5 Å². The Balaban J connectivity index is 1.71. The monoisotopic (exact) mass is 320 g/mol. The van der Waals surface area contributed by atoms with Gasteiger partial charge in [0.05, 0.1) is 5.69 Å². The number of thiazole rings is 1. The van der Waals surface area contributed by atoms with Crippen LogP contribution in [0, 0.1) is 6.92 Å². The fourth-order valence-corrected chi connectivity index (χ4v) is 3.04. The van der Waals surface area contributed by atoms with Crippen molar-refractivity contribution in [2.45, 2.75) is 6.92 Å². The number of nitrogens with zero attached hydrogens (tertiary/aromatic N) is 1. The van der Waals surface area contributed by atoms with E-state index in [1.165, 1.54) is 17.4 Å². The molecular weight excluding hydrogens is 304 g/mol. The number of amides is 1. The molecule has 0 saturated carbocycles. The van der Waals surface area contributed by atoms with Crippen LogP contribution in [0.4, 0.5) is 5.13 Å². The second-order valence-electron chi connectivity index (χ2n) is 5.02. The van der Waals surface area contributed by atoms with Gasteiger partial charge < -0.3 is 0 Å². The molecule has 2 aromatic carbocycles. The summed E-state index contributed by atoms with van der Waals surface area (Å²) in [5.74, 6) is -0.179. The van der Waals surface area contributed by atoms with E-state index in [1.54, 1.807) is 6.08 Å². The Bertz CT molecular complexity index is 823. The number of rotatable bonds is 4. The van der Waals surface area contributed by atoms with Gasteiger partial charge in [-0.05, 0) is 18.6 Å². The third-order valence-corrected chi connectivity index (χ3v) is 4.19. The number of benzene rings is 2. The van der Waals surface area contributed by atoms with Gasteiger partial charge in [-0.3, -0.25) is 10.1 Å². The Morgan fingerprint density at radius 2 is 1.70 bits per heavy atom. The molecule has 1 heterocycles. The van der Waals surface area contributed by atoms with Crippen LogP contribution in [0.5, 0.6) is 0 Å². The Kier molecular flexibility index (Phi) is 4.64. The number of carbonyl (C=O) groups excluding carboxylic acids is 1. The zero-order valence-corrected chi connectivity index (χ0v) is 13.5. The van der Waals surface area contributed by atoms with E-state index in [2.05, 4.69) is 10.3 Å². The van der Waals surface area contributed by atoms with Crippen molar-refractivity contribution in [1.82, 2.24) is 4.98 Å². The lowest BCUT2D eigenvalue weighted by Gasteiger charge is -1.97. The second-order valence-corrected chi connectivity index (χ2v) is 6.23. The Hall–Kier alpha value is -2.72. The first-order chi connectivity index (χ1) is 11.2. The van der Waals surface area contributed by atoms with Crippen molar-refractivity contribution in [3.05, 3.63) is 77.2 Å². The molecular formula is C19H16N2OS. The third kappa shape index (κ3) is 3.93. The number of aromatic nitrogens is 1. The van der Waals surface area contributed by atoms with Crippen LogP contribution >= 0.6 is 11.3 Å². The highest BCUT2D eigenvalue weighted by molar-refractivity contribution is 7.16. The van der Waals surface area contributed by atoms with E-state index in [0.29, 0.717) is 5.13 Å². The summed E-state index contributed by atoms with van der Waals surface area (Å²) in [6.45, 7) is 2.01. The predicted molar refractivity (Wildman–Crippen MR) is 96.4 cm³/mol. The molecule has 0 aliphatic heterocycles. The predicted octanol–water partition coefficient (Wildman–Crippen LogP) is 4.77. The molecule has 0 saturated heterocycles. The van der Waals surface area contributed by atoms with Gasteiger partial charge in [-0.15, -0.1) is 11.3 Å². The van der Waals surface area contributed by atoms with E-state index in [9.17, 15) is 4.79 Å². The lowest BCUT2D eigenvalue weighted by molar-refractivity contribution is -0.111. The second kappa shape index (κ2) is 7.03. The maximum Gasteiger partial charge on any atom is 0.250 e. The van der Waals surface area contributed by atoms with Gasteiger partial charge in [-0.2, -0.15) is 0 Å². The van der Waals surface area contributed by atoms with Gasteiger partial charge in [0.1, 0.15) is 0 Å². The molecule has 0 atom stereocenters. The maximum absolute atomic E-state index is 12.0. The van der Waals surface area contributed by atoms with Crippen molar-refractivity contribution in [2.75, 3.05) is 5.32 Å². The molecule has 1 N–H and O–H groups in total. The molecule has 0 aliphatic rings. The van der Waals surface area contributed by atoms with E-state index in [1.807, 2.05) is 67.6 Å². The number of anilines is 1. The number of hydrogen-bond acceptors (Lipinski definition) is 3. The van der Waals surface area contributed by atoms with Crippen LogP contribution in [-0.2, 0) is 4.79 Å². The highest BCUT2D eigenvalue weighted by Crippen LogP contribution is 2.30. The van der Waals surface area contributed by atoms with Gasteiger partial charge in [0.2, 0.25) is 5.91 Å². The van der Waals surface area contributed by atoms with Gasteiger partial charge in [0.25, 0.3) is 0 Å². The van der Waals surface area contributed by atoms with E-state index in [-0.39, 0.29) is 5.91 Å². The van der Waals surface area contributed by atoms with Crippen molar-refractivity contribution in [3.63, 3.8) is 0 Å². The standard InChI is InChI=1S/C19H16N2OS/c1-14-18(16-10-6-3-7-11-16)21-19(23-14)20-17(22)13-12-15-8-4-2-5-9-15/h2-13H,1H3,(H,20,21,22). The SMILES string of the molecule is Cc1sc(NC(=O)C=Cc2ccccc2)nc1-c1ccccc1. The van der Waals surface area contributed by atoms with Crippen molar-refractivity contribution < 1.29 is 4.79 Å². The largest absolute Gasteiger partial charge is 0.298 e. The summed E-state index contributed by atoms with van der Waals surface area (Å²) >= 11 is 1.48. The number of nitrogens with one attached hydrogen (secondary N) is 1. The zero-order valence-electron chi connectivity index (χ0n) is 12.7. The molecule has 3 rings (SSSR count). The first kappa shape index (κ1) is 15.2. The van der Waals surface area contributed by atoms with Crippen LogP contribution in [0.2, 0.25) is 0 Å². The molecule has 114 valence electrons. The highest BCUT2D eigenvalue weighted by Gasteiger charge is 2.10. The van der Waals surface area contributed by atoms with Crippen LogP contribution in [0.3, 0.4) is 0 Å². The van der Waals surface area contributed by atoms with Crippen molar-refractivity contribution in [3.8, 4) is 11.3 Å². The number of aryl methyl sites for hydroxylation is 1. The summed E-state index contributed by atoms with van der Waals surface area (Å²) in [4.78, 5) is 17.6. The molecule has 0 radical (unpaired) electrons. The smallest absolute Gasteiger partial charge is 0.250 e. The third-order valence-electron chi connectivity index (χ3n) is 3.30. The molecule has 0 bridgehead atoms. The van der Waals surface area contributed by atoms with Gasteiger partial charge in [-0.25, -0.2) is 4.98 Å². The summed E-state index contributed by atoms with van der Waals surface area (Å²) < 4.78 is 0. The number of hydrogen-bond donors (Lipinski definition) is 1. The normalized spacial score (nSPS) is 10.8. The van der Waals surface area contributed by atoms with E-state index in [4.69, 9.17) is 0 Å². The fourth-order valence-electron chi connectivity index (χ4n) is 2.20. The van der Waals surface area contributed by atoms with E-state index in [0.717, 1.165) is 21.7 Å². The van der Waals surface area contributed by atoms with Crippen LogP contribution < -0.4 is 5.32 Å². The average molecular weight is 320 g/mol. The topological polar surface area (TPSA) is 42.0 Å². The molecule has 3 aromatic rings. The summed E-state index contributed by atoms with van der Waals surface area (Å²) in [5, 5.41) is 3.44. The summed E-state index contributed by atoms with van der Waals surface area (Å²) in [7, 11) is 0. The van der Waals surface area contributed by atoms with E-state index < -0.39 is 0 Å². The fraction of sp³-hybridized carbons (Fsp3) is 0.0526. The maximum atomic E-state index is 12.0. The van der Waals surface area contributed by atoms with Crippen molar-refractivity contribution in [1.29, 1.82) is 0 Å². The summed E-state index contributed by atoms with van der Waals surface area (Å²) in [6, 6.07) is 19.7. The first-order valence-electron chi connectivity index (χ1n) is 7.29. The zero-order chi connectivity index (χ0) is 16.1. The average Bonchev–Trinajstić information content (AvgIpc) is 2.95. The Morgan fingerprint density at radius 1 is 1.04 bits per heavy atom. The van der Waals surface area contributed by atoms with Crippen LogP contribution in [0.1, 0.15) is 10.4 Å². The molecule has 1 amide bonds. The first-order valence-corrected chi connectivity index (χ1v) is 8.11. The molecule has 0 fully saturated rings. The van der Waals surface area contributed by atoms with Crippen LogP contribution in [0.15, 0.2) is 66.7 Å². The molecule has 4 heteroatoms. The molecule has 0 aliphatic carbocycles. The lowest BCUT2D eigenvalue weighted by Crippen LogP contribution is -2.07. The molecule has 1 aromatic heterocycles. The molecule has 3 nitrogen and oxygen atoms in total. The van der Waals surface area contributed by atoms with Gasteiger partial charge >= 0.3 is 0 Å². The Labute approximate surface area is 139 Å². The van der Waals surface area contributed by atoms with Gasteiger partial charge in [-0.1, -0.05) is 60.7 Å². The summed E-state index contributed by atoms with van der Waals surface area (Å²) in [6.07, 6.45) is 3.31.